The molecule has 0 aliphatic carbocycles. The number of hydrogen-bond donors (Lipinski definition) is 0. The van der Waals surface area contributed by atoms with E-state index in [0.29, 0.717) is 22.3 Å². The van der Waals surface area contributed by atoms with Gasteiger partial charge in [-0.25, -0.2) is 19.2 Å². The van der Waals surface area contributed by atoms with Gasteiger partial charge < -0.3 is 38.5 Å². The van der Waals surface area contributed by atoms with Crippen LogP contribution in [0.1, 0.15) is 117 Å². The van der Waals surface area contributed by atoms with Crippen molar-refractivity contribution in [1.29, 1.82) is 0 Å². The number of nitro groups is 2. The topological polar surface area (TPSA) is 308 Å². The second-order valence-corrected chi connectivity index (χ2v) is 23.7. The Hall–Kier alpha value is -8.58. The molecule has 4 amide bonds. The summed E-state index contributed by atoms with van der Waals surface area (Å²) in [7, 11) is 5.34. The number of hydrogen-bond acceptors (Lipinski definition) is 18. The molecule has 86 heavy (non-hydrogen) atoms. The Morgan fingerprint density at radius 1 is 0.430 bits per heavy atom. The number of carbonyl (C=O) groups is 8. The highest BCUT2D eigenvalue weighted by molar-refractivity contribution is 5.94. The first-order chi connectivity index (χ1) is 40.3. The first kappa shape index (κ1) is 68.2. The fourth-order valence-electron chi connectivity index (χ4n) is 9.91. The summed E-state index contributed by atoms with van der Waals surface area (Å²) in [5.41, 5.74) is 1.99. The number of benzene rings is 2. The van der Waals surface area contributed by atoms with Gasteiger partial charge in [0, 0.05) is 41.0 Å². The van der Waals surface area contributed by atoms with E-state index < -0.39 is 106 Å². The van der Waals surface area contributed by atoms with Gasteiger partial charge in [-0.05, 0) is 85.5 Å². The van der Waals surface area contributed by atoms with E-state index in [1.54, 1.807) is 104 Å². The lowest BCUT2D eigenvalue weighted by Crippen LogP contribution is -2.55. The van der Waals surface area contributed by atoms with Crippen molar-refractivity contribution in [2.75, 3.05) is 28.2 Å². The van der Waals surface area contributed by atoms with E-state index in [9.17, 15) is 49.0 Å². The number of rotatable bonds is 18. The van der Waals surface area contributed by atoms with Crippen LogP contribution in [0.3, 0.4) is 0 Å². The molecule has 1 aliphatic heterocycles. The third-order valence-electron chi connectivity index (χ3n) is 14.7. The minimum absolute atomic E-state index is 0.0185. The lowest BCUT2D eigenvalue weighted by atomic mass is 9.99. The molecule has 4 aromatic rings. The van der Waals surface area contributed by atoms with Gasteiger partial charge in [-0.3, -0.25) is 48.8 Å². The van der Waals surface area contributed by atoms with Gasteiger partial charge in [-0.2, -0.15) is 10.2 Å². The summed E-state index contributed by atoms with van der Waals surface area (Å²) in [6, 6.07) is 8.08. The number of likely N-dealkylation sites (N-methyl/N-ethyl adjacent to an activating group) is 4. The molecule has 0 saturated carbocycles. The molecule has 26 nitrogen and oxygen atoms in total. The first-order valence-corrected chi connectivity index (χ1v) is 28.7. The Labute approximate surface area is 500 Å². The summed E-state index contributed by atoms with van der Waals surface area (Å²) in [4.78, 5) is 143. The SMILES string of the molecule is CC(C)C[C@H]1C(=O)O[C@H](Cc2ccc(Cn3cc([N+](=O)[O-])cn3)cc2)C(=O)N(C)[C@@H](CC(C)C)C(=O)O[C@H](C)C(=O)N(C)[C@@H](CC(C)C)C(=O)O[C@H](Cc2ccc(Cn3cc([N+](=O)[O-])cn3)cc2)C(=O)N(C)[C@@H](CC(C)C)C(=O)O[C@H](C)C(=O)N1C. The van der Waals surface area contributed by atoms with Crippen molar-refractivity contribution in [1.82, 2.24) is 39.2 Å². The molecule has 0 bridgehead atoms. The maximum Gasteiger partial charge on any atom is 0.329 e. The summed E-state index contributed by atoms with van der Waals surface area (Å²) in [6.45, 7) is 17.4. The first-order valence-electron chi connectivity index (χ1n) is 28.7. The fraction of sp³-hybridized carbons (Fsp3) is 0.567. The number of amides is 4. The molecule has 1 fully saturated rings. The van der Waals surface area contributed by atoms with Gasteiger partial charge in [0.25, 0.3) is 23.6 Å². The zero-order chi connectivity index (χ0) is 64.0. The average molecular weight is 1200 g/mol. The quantitative estimate of drug-likeness (QED) is 0.0479. The maximum absolute atomic E-state index is 15.0. The van der Waals surface area contributed by atoms with E-state index in [4.69, 9.17) is 18.9 Å². The van der Waals surface area contributed by atoms with Gasteiger partial charge in [0.15, 0.2) is 24.4 Å². The van der Waals surface area contributed by atoms with Crippen LogP contribution in [0, 0.1) is 43.9 Å². The van der Waals surface area contributed by atoms with Gasteiger partial charge in [0.2, 0.25) is 0 Å². The second kappa shape index (κ2) is 30.5. The number of esters is 4. The Morgan fingerprint density at radius 3 is 0.942 bits per heavy atom. The zero-order valence-electron chi connectivity index (χ0n) is 51.5. The largest absolute Gasteiger partial charge is 0.451 e. The van der Waals surface area contributed by atoms with Crippen molar-refractivity contribution < 1.29 is 67.2 Å². The smallest absolute Gasteiger partial charge is 0.329 e. The average Bonchev–Trinajstić information content (AvgIpc) is 2.58. The van der Waals surface area contributed by atoms with Crippen LogP contribution in [0.25, 0.3) is 0 Å². The van der Waals surface area contributed by atoms with Crippen molar-refractivity contribution in [2.24, 2.45) is 23.7 Å². The maximum atomic E-state index is 15.0. The Morgan fingerprint density at radius 2 is 0.686 bits per heavy atom. The fourth-order valence-corrected chi connectivity index (χ4v) is 9.91. The number of nitrogens with zero attached hydrogens (tertiary/aromatic N) is 10. The van der Waals surface area contributed by atoms with Crippen molar-refractivity contribution in [3.05, 3.63) is 116 Å². The molecule has 468 valence electrons. The van der Waals surface area contributed by atoms with Gasteiger partial charge in [-0.15, -0.1) is 0 Å². The molecular weight excluding hydrogens is 1120 g/mol. The van der Waals surface area contributed by atoms with Crippen LogP contribution in [-0.2, 0) is 83.2 Å². The van der Waals surface area contributed by atoms with Crippen LogP contribution in [0.4, 0.5) is 11.4 Å². The van der Waals surface area contributed by atoms with Crippen LogP contribution in [0.2, 0.25) is 0 Å². The zero-order valence-corrected chi connectivity index (χ0v) is 51.5. The molecule has 2 aromatic heterocycles. The highest BCUT2D eigenvalue weighted by Gasteiger charge is 2.43. The summed E-state index contributed by atoms with van der Waals surface area (Å²) < 4.78 is 26.8. The number of cyclic esters (lactones) is 4. The summed E-state index contributed by atoms with van der Waals surface area (Å²) in [5.74, 6) is -8.24. The normalized spacial score (nSPS) is 22.3. The third-order valence-corrected chi connectivity index (χ3v) is 14.7. The molecule has 26 heteroatoms. The Balaban J connectivity index is 1.58. The number of carbonyl (C=O) groups excluding carboxylic acids is 8. The van der Waals surface area contributed by atoms with E-state index in [-0.39, 0.29) is 86.7 Å². The van der Waals surface area contributed by atoms with Crippen molar-refractivity contribution >= 4 is 58.9 Å². The Kier molecular flexibility index (Phi) is 24.2. The van der Waals surface area contributed by atoms with Crippen molar-refractivity contribution in [3.63, 3.8) is 0 Å². The molecule has 3 heterocycles. The number of aromatic nitrogens is 4. The standard InChI is InChI=1S/C60H82N10O16/c1-35(2)23-47-57(75)83-39(9)53(71)63(11)50(26-38(7)8)60(78)86-52(28-42-17-21-44(22-18-42)32-68-34-46(30-62-68)70(81)82)56(74)66(14)48(24-36(3)4)58(76)84-40(10)54(72)64(12)49(25-37(5)6)59(77)85-51(55(73)65(47)13)27-41-15-19-43(20-16-41)31-67-33-45(29-61-67)69(79)80/h15-22,29-30,33-40,47-52H,23-28,31-32H2,1-14H3/t39-,40-,47+,48+,49+,50+,51-,52-/m1/s1. The van der Waals surface area contributed by atoms with Crippen LogP contribution >= 0.6 is 0 Å². The van der Waals surface area contributed by atoms with E-state index in [2.05, 4.69) is 10.2 Å². The minimum Gasteiger partial charge on any atom is -0.451 e. The summed E-state index contributed by atoms with van der Waals surface area (Å²) >= 11 is 0. The van der Waals surface area contributed by atoms with Crippen LogP contribution in [-0.4, -0.2) is 173 Å². The van der Waals surface area contributed by atoms with Gasteiger partial charge >= 0.3 is 35.3 Å². The molecule has 0 radical (unpaired) electrons. The third kappa shape index (κ3) is 18.7. The van der Waals surface area contributed by atoms with Crippen LogP contribution in [0.5, 0.6) is 0 Å². The molecule has 2 aromatic carbocycles. The molecule has 1 saturated heterocycles. The molecule has 0 spiro atoms. The lowest BCUT2D eigenvalue weighted by Gasteiger charge is -2.35. The van der Waals surface area contributed by atoms with E-state index in [0.717, 1.165) is 32.0 Å². The van der Waals surface area contributed by atoms with Crippen molar-refractivity contribution in [3.8, 4) is 0 Å². The van der Waals surface area contributed by atoms with E-state index >= 15 is 9.59 Å². The molecule has 0 unspecified atom stereocenters. The molecular formula is C60H82N10O16. The number of ether oxygens (including phenoxy) is 4. The summed E-state index contributed by atoms with van der Waals surface area (Å²) in [6.07, 6.45) is -1.95. The molecule has 5 rings (SSSR count). The van der Waals surface area contributed by atoms with Crippen LogP contribution < -0.4 is 0 Å². The summed E-state index contributed by atoms with van der Waals surface area (Å²) in [5, 5.41) is 30.7. The molecule has 0 N–H and O–H groups in total. The lowest BCUT2D eigenvalue weighted by molar-refractivity contribution is -0.385. The molecule has 8 atom stereocenters. The second-order valence-electron chi connectivity index (χ2n) is 23.7. The molecule has 1 aliphatic rings. The predicted octanol–water partition coefficient (Wildman–Crippen LogP) is 5.97. The predicted molar refractivity (Wildman–Crippen MR) is 311 cm³/mol. The van der Waals surface area contributed by atoms with Gasteiger partial charge in [0.05, 0.1) is 22.9 Å². The minimum atomic E-state index is -1.63. The van der Waals surface area contributed by atoms with Crippen LogP contribution in [0.15, 0.2) is 73.3 Å². The van der Waals surface area contributed by atoms with E-state index in [1.807, 2.05) is 0 Å². The van der Waals surface area contributed by atoms with Gasteiger partial charge in [-0.1, -0.05) is 104 Å². The highest BCUT2D eigenvalue weighted by atomic mass is 16.6. The Bertz CT molecular complexity index is 2830. The highest BCUT2D eigenvalue weighted by Crippen LogP contribution is 2.25. The van der Waals surface area contributed by atoms with E-state index in [1.165, 1.54) is 63.8 Å². The van der Waals surface area contributed by atoms with Gasteiger partial charge in [0.1, 0.15) is 49.0 Å². The van der Waals surface area contributed by atoms with Crippen molar-refractivity contribution in [2.45, 2.75) is 169 Å². The monoisotopic (exact) mass is 1200 g/mol.